The molecule has 150 valence electrons. The predicted octanol–water partition coefficient (Wildman–Crippen LogP) is 3.89. The monoisotopic (exact) mass is 395 g/mol. The Morgan fingerprint density at radius 2 is 1.46 bits per heavy atom. The van der Waals surface area contributed by atoms with Gasteiger partial charge >= 0.3 is 18.1 Å². The molecule has 0 fully saturated rings. The molecule has 2 aromatic rings. The molecule has 0 saturated heterocycles. The molecule has 2 rings (SSSR count). The Morgan fingerprint density at radius 1 is 1.00 bits per heavy atom. The van der Waals surface area contributed by atoms with Gasteiger partial charge in [0.05, 0.1) is 0 Å². The van der Waals surface area contributed by atoms with Crippen molar-refractivity contribution in [2.24, 2.45) is 5.73 Å². The first-order chi connectivity index (χ1) is 13.0. The molecule has 0 unspecified atom stereocenters. The van der Waals surface area contributed by atoms with E-state index in [2.05, 4.69) is 24.3 Å². The molecular formula is C20H20F3NO4. The molecule has 0 spiro atoms. The summed E-state index contributed by atoms with van der Waals surface area (Å²) < 4.78 is 31.7. The Morgan fingerprint density at radius 3 is 1.89 bits per heavy atom. The van der Waals surface area contributed by atoms with E-state index >= 15 is 0 Å². The van der Waals surface area contributed by atoms with Crippen LogP contribution < -0.4 is 5.73 Å². The first-order valence-corrected chi connectivity index (χ1v) is 8.12. The molecule has 0 bridgehead atoms. The van der Waals surface area contributed by atoms with Crippen LogP contribution in [0.2, 0.25) is 0 Å². The average molecular weight is 395 g/mol. The molecular weight excluding hydrogens is 375 g/mol. The highest BCUT2D eigenvalue weighted by Crippen LogP contribution is 2.19. The second-order valence-corrected chi connectivity index (χ2v) is 5.89. The molecule has 0 heterocycles. The highest BCUT2D eigenvalue weighted by Gasteiger charge is 2.38. The second kappa shape index (κ2) is 10.3. The van der Waals surface area contributed by atoms with E-state index in [0.717, 1.165) is 11.1 Å². The van der Waals surface area contributed by atoms with Gasteiger partial charge in [-0.05, 0) is 30.0 Å². The van der Waals surface area contributed by atoms with Gasteiger partial charge < -0.3 is 15.9 Å². The number of alkyl halides is 3. The van der Waals surface area contributed by atoms with Crippen molar-refractivity contribution in [1.82, 2.24) is 0 Å². The Labute approximate surface area is 159 Å². The fraction of sp³-hybridized carbons (Fsp3) is 0.200. The average Bonchev–Trinajstić information content (AvgIpc) is 2.62. The number of hydrogen-bond acceptors (Lipinski definition) is 3. The largest absolute Gasteiger partial charge is 0.490 e. The van der Waals surface area contributed by atoms with Crippen LogP contribution in [0, 0.1) is 0 Å². The van der Waals surface area contributed by atoms with Crippen LogP contribution >= 0.6 is 0 Å². The molecule has 0 aliphatic carbocycles. The maximum atomic E-state index is 10.8. The molecule has 2 aromatic carbocycles. The first-order valence-electron chi connectivity index (χ1n) is 8.12. The molecule has 28 heavy (non-hydrogen) atoms. The Hall–Kier alpha value is -3.13. The summed E-state index contributed by atoms with van der Waals surface area (Å²) in [4.78, 5) is 19.7. The minimum atomic E-state index is -5.08. The number of nitrogens with two attached hydrogens (primary N) is 1. The van der Waals surface area contributed by atoms with E-state index in [-0.39, 0.29) is 11.6 Å². The number of aliphatic carboxylic acids is 2. The van der Waals surface area contributed by atoms with E-state index in [1.54, 1.807) is 13.0 Å². The van der Waals surface area contributed by atoms with Gasteiger partial charge in [0, 0.05) is 11.6 Å². The maximum absolute atomic E-state index is 10.8. The molecule has 0 saturated carbocycles. The fourth-order valence-electron chi connectivity index (χ4n) is 2.19. The number of benzene rings is 2. The summed E-state index contributed by atoms with van der Waals surface area (Å²) in [5.74, 6) is -3.68. The number of carbonyl (C=O) groups is 2. The van der Waals surface area contributed by atoms with Crippen LogP contribution in [0.15, 0.2) is 66.2 Å². The van der Waals surface area contributed by atoms with Crippen LogP contribution in [0.4, 0.5) is 13.2 Å². The van der Waals surface area contributed by atoms with Gasteiger partial charge in [0.1, 0.15) is 0 Å². The lowest BCUT2D eigenvalue weighted by atomic mass is 10.00. The highest BCUT2D eigenvalue weighted by atomic mass is 19.4. The van der Waals surface area contributed by atoms with Crippen molar-refractivity contribution in [3.8, 4) is 11.1 Å². The zero-order valence-electron chi connectivity index (χ0n) is 15.0. The van der Waals surface area contributed by atoms with Crippen molar-refractivity contribution in [3.63, 3.8) is 0 Å². The van der Waals surface area contributed by atoms with Crippen molar-refractivity contribution in [2.45, 2.75) is 25.6 Å². The Bertz CT molecular complexity index is 816. The molecule has 5 nitrogen and oxygen atoms in total. The quantitative estimate of drug-likeness (QED) is 0.667. The predicted molar refractivity (Wildman–Crippen MR) is 98.6 cm³/mol. The Kier molecular flexibility index (Phi) is 8.40. The van der Waals surface area contributed by atoms with Crippen molar-refractivity contribution in [2.75, 3.05) is 0 Å². The van der Waals surface area contributed by atoms with Crippen molar-refractivity contribution < 1.29 is 33.0 Å². The van der Waals surface area contributed by atoms with Crippen LogP contribution in [0.5, 0.6) is 0 Å². The lowest BCUT2D eigenvalue weighted by Crippen LogP contribution is -2.21. The number of carboxylic acids is 2. The lowest BCUT2D eigenvalue weighted by molar-refractivity contribution is -0.192. The highest BCUT2D eigenvalue weighted by molar-refractivity contribution is 5.85. The number of carboxylic acid groups (broad SMARTS) is 2. The van der Waals surface area contributed by atoms with Gasteiger partial charge in [-0.15, -0.1) is 0 Å². The summed E-state index contributed by atoms with van der Waals surface area (Å²) in [6, 6.07) is 18.1. The van der Waals surface area contributed by atoms with Gasteiger partial charge in [0.2, 0.25) is 0 Å². The summed E-state index contributed by atoms with van der Waals surface area (Å²) >= 11 is 0. The van der Waals surface area contributed by atoms with E-state index in [4.69, 9.17) is 20.7 Å². The number of halogens is 3. The zero-order chi connectivity index (χ0) is 21.3. The van der Waals surface area contributed by atoms with Crippen LogP contribution in [0.1, 0.15) is 12.5 Å². The first kappa shape index (κ1) is 22.9. The summed E-state index contributed by atoms with van der Waals surface area (Å²) in [6.07, 6.45) is -2.87. The third kappa shape index (κ3) is 8.05. The summed E-state index contributed by atoms with van der Waals surface area (Å²) in [5, 5.41) is 16.0. The third-order valence-corrected chi connectivity index (χ3v) is 3.58. The minimum Gasteiger partial charge on any atom is -0.478 e. The number of hydrogen-bond donors (Lipinski definition) is 3. The molecule has 0 aliphatic heterocycles. The van der Waals surface area contributed by atoms with Crippen molar-refractivity contribution >= 4 is 11.9 Å². The van der Waals surface area contributed by atoms with Crippen LogP contribution in [-0.4, -0.2) is 34.4 Å². The summed E-state index contributed by atoms with van der Waals surface area (Å²) in [5.41, 5.74) is 9.66. The lowest BCUT2D eigenvalue weighted by Gasteiger charge is -2.09. The SMILES string of the molecule is C/C(=C\[C@H](N)Cc1ccc(-c2ccccc2)cc1)C(=O)O.O=C(O)C(F)(F)F. The topological polar surface area (TPSA) is 101 Å². The minimum absolute atomic E-state index is 0.281. The van der Waals surface area contributed by atoms with E-state index in [0.29, 0.717) is 6.42 Å². The van der Waals surface area contributed by atoms with E-state index in [1.807, 2.05) is 30.3 Å². The smallest absolute Gasteiger partial charge is 0.478 e. The maximum Gasteiger partial charge on any atom is 0.490 e. The molecule has 1 atom stereocenters. The van der Waals surface area contributed by atoms with Gasteiger partial charge in [-0.1, -0.05) is 60.7 Å². The third-order valence-electron chi connectivity index (χ3n) is 3.58. The molecule has 0 radical (unpaired) electrons. The zero-order valence-corrected chi connectivity index (χ0v) is 15.0. The van der Waals surface area contributed by atoms with E-state index in [1.165, 1.54) is 5.56 Å². The second-order valence-electron chi connectivity index (χ2n) is 5.89. The molecule has 8 heteroatoms. The van der Waals surface area contributed by atoms with E-state index < -0.39 is 18.1 Å². The molecule has 0 aromatic heterocycles. The van der Waals surface area contributed by atoms with Crippen molar-refractivity contribution in [3.05, 3.63) is 71.8 Å². The van der Waals surface area contributed by atoms with Gasteiger partial charge in [0.25, 0.3) is 0 Å². The van der Waals surface area contributed by atoms with Crippen LogP contribution in [0.25, 0.3) is 11.1 Å². The summed E-state index contributed by atoms with van der Waals surface area (Å²) in [7, 11) is 0. The van der Waals surface area contributed by atoms with Gasteiger partial charge in [-0.25, -0.2) is 9.59 Å². The van der Waals surface area contributed by atoms with Gasteiger partial charge in [-0.3, -0.25) is 0 Å². The van der Waals surface area contributed by atoms with E-state index in [9.17, 15) is 18.0 Å². The van der Waals surface area contributed by atoms with Crippen LogP contribution in [-0.2, 0) is 16.0 Å². The molecule has 0 aliphatic rings. The van der Waals surface area contributed by atoms with Gasteiger partial charge in [0.15, 0.2) is 0 Å². The van der Waals surface area contributed by atoms with Crippen LogP contribution in [0.3, 0.4) is 0 Å². The standard InChI is InChI=1S/C18H19NO2.C2HF3O2/c1-13(18(20)21)11-17(19)12-14-7-9-16(10-8-14)15-5-3-2-4-6-15;3-2(4,5)1(6)7/h2-11,17H,12,19H2,1H3,(H,20,21);(H,6,7)/b13-11+;/t17-;/m0./s1. The number of rotatable bonds is 5. The van der Waals surface area contributed by atoms with Crippen molar-refractivity contribution in [1.29, 1.82) is 0 Å². The Balaban J connectivity index is 0.000000480. The molecule has 0 amide bonds. The normalized spacial score (nSPS) is 12.5. The summed E-state index contributed by atoms with van der Waals surface area (Å²) in [6.45, 7) is 1.56. The fourth-order valence-corrected chi connectivity index (χ4v) is 2.19. The van der Waals surface area contributed by atoms with Gasteiger partial charge in [-0.2, -0.15) is 13.2 Å². The molecule has 4 N–H and O–H groups in total.